The first-order chi connectivity index (χ1) is 8.61. The van der Waals surface area contributed by atoms with Crippen molar-refractivity contribution in [2.75, 3.05) is 6.54 Å². The second kappa shape index (κ2) is 8.65. The second-order valence-corrected chi connectivity index (χ2v) is 6.51. The van der Waals surface area contributed by atoms with Crippen molar-refractivity contribution in [2.45, 2.75) is 65.8 Å². The van der Waals surface area contributed by atoms with Crippen molar-refractivity contribution in [1.82, 2.24) is 10.3 Å². The molecule has 0 aliphatic heterocycles. The summed E-state index contributed by atoms with van der Waals surface area (Å²) in [5.41, 5.74) is 1.16. The number of nitrogens with one attached hydrogen (secondary N) is 1. The van der Waals surface area contributed by atoms with E-state index in [1.54, 1.807) is 11.3 Å². The molecule has 0 spiro atoms. The van der Waals surface area contributed by atoms with Crippen molar-refractivity contribution in [3.63, 3.8) is 0 Å². The predicted octanol–water partition coefficient (Wildman–Crippen LogP) is 4.19. The molecular formula is C15H28N2S. The number of nitrogens with zero attached hydrogens (tertiary/aromatic N) is 1. The Balaban J connectivity index is 2.39. The third kappa shape index (κ3) is 6.50. The lowest BCUT2D eigenvalue weighted by Gasteiger charge is -2.17. The van der Waals surface area contributed by atoms with E-state index in [9.17, 15) is 0 Å². The number of hydrogen-bond acceptors (Lipinski definition) is 3. The maximum absolute atomic E-state index is 4.58. The van der Waals surface area contributed by atoms with Gasteiger partial charge in [0.05, 0.1) is 5.01 Å². The van der Waals surface area contributed by atoms with Crippen LogP contribution in [0.15, 0.2) is 5.38 Å². The van der Waals surface area contributed by atoms with Crippen LogP contribution in [-0.2, 0) is 6.42 Å². The smallest absolute Gasteiger partial charge is 0.0943 e. The summed E-state index contributed by atoms with van der Waals surface area (Å²) in [5, 5.41) is 7.10. The SMILES string of the molecule is CCCNC(CCCC(C)C)Cc1nc(C)cs1. The molecule has 2 nitrogen and oxygen atoms in total. The molecule has 0 bridgehead atoms. The first kappa shape index (κ1) is 15.6. The van der Waals surface area contributed by atoms with Gasteiger partial charge in [-0.1, -0.05) is 33.6 Å². The van der Waals surface area contributed by atoms with Crippen LogP contribution in [0.25, 0.3) is 0 Å². The third-order valence-corrected chi connectivity index (χ3v) is 4.09. The molecule has 104 valence electrons. The molecule has 1 heterocycles. The second-order valence-electron chi connectivity index (χ2n) is 5.56. The van der Waals surface area contributed by atoms with Crippen LogP contribution < -0.4 is 5.32 Å². The number of hydrogen-bond donors (Lipinski definition) is 1. The largest absolute Gasteiger partial charge is 0.314 e. The molecule has 0 fully saturated rings. The minimum absolute atomic E-state index is 0.606. The zero-order valence-electron chi connectivity index (χ0n) is 12.3. The van der Waals surface area contributed by atoms with Gasteiger partial charge in [0.2, 0.25) is 0 Å². The molecule has 1 N–H and O–H groups in total. The van der Waals surface area contributed by atoms with Crippen molar-refractivity contribution in [2.24, 2.45) is 5.92 Å². The minimum atomic E-state index is 0.606. The van der Waals surface area contributed by atoms with Crippen LogP contribution in [0.2, 0.25) is 0 Å². The molecule has 0 saturated carbocycles. The van der Waals surface area contributed by atoms with Gasteiger partial charge in [0.25, 0.3) is 0 Å². The Morgan fingerprint density at radius 1 is 1.33 bits per heavy atom. The van der Waals surface area contributed by atoms with Crippen LogP contribution in [0.4, 0.5) is 0 Å². The molecule has 1 unspecified atom stereocenters. The van der Waals surface area contributed by atoms with Crippen molar-refractivity contribution < 1.29 is 0 Å². The lowest BCUT2D eigenvalue weighted by atomic mass is 10.0. The molecule has 1 atom stereocenters. The van der Waals surface area contributed by atoms with Crippen molar-refractivity contribution in [3.05, 3.63) is 16.1 Å². The van der Waals surface area contributed by atoms with Crippen molar-refractivity contribution >= 4 is 11.3 Å². The monoisotopic (exact) mass is 268 g/mol. The van der Waals surface area contributed by atoms with E-state index in [2.05, 4.69) is 43.4 Å². The van der Waals surface area contributed by atoms with E-state index in [1.165, 1.54) is 30.7 Å². The maximum Gasteiger partial charge on any atom is 0.0943 e. The zero-order chi connectivity index (χ0) is 13.4. The Morgan fingerprint density at radius 3 is 2.67 bits per heavy atom. The lowest BCUT2D eigenvalue weighted by Crippen LogP contribution is -2.31. The van der Waals surface area contributed by atoms with Crippen LogP contribution >= 0.6 is 11.3 Å². The quantitative estimate of drug-likeness (QED) is 0.726. The van der Waals surface area contributed by atoms with Crippen molar-refractivity contribution in [1.29, 1.82) is 0 Å². The highest BCUT2D eigenvalue weighted by Gasteiger charge is 2.11. The Morgan fingerprint density at radius 2 is 2.11 bits per heavy atom. The Bertz CT molecular complexity index is 320. The van der Waals surface area contributed by atoms with Gasteiger partial charge in [0, 0.05) is 23.5 Å². The number of thiazole rings is 1. The van der Waals surface area contributed by atoms with Crippen LogP contribution in [0.3, 0.4) is 0 Å². The van der Waals surface area contributed by atoms with Gasteiger partial charge in [-0.2, -0.15) is 0 Å². The standard InChI is InChI=1S/C15H28N2S/c1-5-9-16-14(8-6-7-12(2)3)10-15-17-13(4)11-18-15/h11-12,14,16H,5-10H2,1-4H3. The lowest BCUT2D eigenvalue weighted by molar-refractivity contribution is 0.434. The first-order valence-corrected chi connectivity index (χ1v) is 8.14. The summed E-state index contributed by atoms with van der Waals surface area (Å²) in [6.07, 6.45) is 6.23. The highest BCUT2D eigenvalue weighted by Crippen LogP contribution is 2.15. The van der Waals surface area contributed by atoms with Gasteiger partial charge in [-0.15, -0.1) is 11.3 Å². The van der Waals surface area contributed by atoms with Gasteiger partial charge in [0.15, 0.2) is 0 Å². The van der Waals surface area contributed by atoms with Crippen LogP contribution in [-0.4, -0.2) is 17.6 Å². The first-order valence-electron chi connectivity index (χ1n) is 7.26. The molecule has 0 aromatic carbocycles. The normalized spacial score (nSPS) is 13.2. The molecular weight excluding hydrogens is 240 g/mol. The summed E-state index contributed by atoms with van der Waals surface area (Å²) in [6.45, 7) is 10.0. The Labute approximate surface area is 116 Å². The molecule has 0 saturated heterocycles. The number of aryl methyl sites for hydroxylation is 1. The van der Waals surface area contributed by atoms with Gasteiger partial charge in [-0.3, -0.25) is 0 Å². The highest BCUT2D eigenvalue weighted by atomic mass is 32.1. The maximum atomic E-state index is 4.58. The van der Waals surface area contributed by atoms with E-state index < -0.39 is 0 Å². The molecule has 1 rings (SSSR count). The Kier molecular flexibility index (Phi) is 7.52. The van der Waals surface area contributed by atoms with E-state index in [0.717, 1.165) is 24.6 Å². The van der Waals surface area contributed by atoms with Gasteiger partial charge >= 0.3 is 0 Å². The van der Waals surface area contributed by atoms with Gasteiger partial charge in [0.1, 0.15) is 0 Å². The molecule has 0 amide bonds. The average Bonchev–Trinajstić information content (AvgIpc) is 2.71. The summed E-state index contributed by atoms with van der Waals surface area (Å²) in [7, 11) is 0. The number of aromatic nitrogens is 1. The predicted molar refractivity (Wildman–Crippen MR) is 81.3 cm³/mol. The van der Waals surface area contributed by atoms with Crippen molar-refractivity contribution in [3.8, 4) is 0 Å². The van der Waals surface area contributed by atoms with Crippen LogP contribution in [0.5, 0.6) is 0 Å². The van der Waals surface area contributed by atoms with Crippen LogP contribution in [0.1, 0.15) is 57.2 Å². The highest BCUT2D eigenvalue weighted by molar-refractivity contribution is 7.09. The zero-order valence-corrected chi connectivity index (χ0v) is 13.1. The topological polar surface area (TPSA) is 24.9 Å². The molecule has 0 aliphatic carbocycles. The van der Waals surface area contributed by atoms with Gasteiger partial charge < -0.3 is 5.32 Å². The summed E-state index contributed by atoms with van der Waals surface area (Å²) >= 11 is 1.80. The fourth-order valence-electron chi connectivity index (χ4n) is 2.10. The summed E-state index contributed by atoms with van der Waals surface area (Å²) in [4.78, 5) is 4.58. The third-order valence-electron chi connectivity index (χ3n) is 3.10. The molecule has 18 heavy (non-hydrogen) atoms. The summed E-state index contributed by atoms with van der Waals surface area (Å²) in [5.74, 6) is 0.818. The Hall–Kier alpha value is -0.410. The number of rotatable bonds is 9. The van der Waals surface area contributed by atoms with E-state index in [-0.39, 0.29) is 0 Å². The van der Waals surface area contributed by atoms with Crippen LogP contribution in [0, 0.1) is 12.8 Å². The van der Waals surface area contributed by atoms with Gasteiger partial charge in [-0.25, -0.2) is 4.98 Å². The van der Waals surface area contributed by atoms with E-state index in [4.69, 9.17) is 0 Å². The minimum Gasteiger partial charge on any atom is -0.314 e. The fraction of sp³-hybridized carbons (Fsp3) is 0.800. The van der Waals surface area contributed by atoms with E-state index in [1.807, 2.05) is 0 Å². The van der Waals surface area contributed by atoms with E-state index in [0.29, 0.717) is 6.04 Å². The average molecular weight is 268 g/mol. The molecule has 0 radical (unpaired) electrons. The molecule has 1 aromatic heterocycles. The van der Waals surface area contributed by atoms with E-state index >= 15 is 0 Å². The molecule has 0 aliphatic rings. The summed E-state index contributed by atoms with van der Waals surface area (Å²) in [6, 6.07) is 0.606. The summed E-state index contributed by atoms with van der Waals surface area (Å²) < 4.78 is 0. The molecule has 3 heteroatoms. The fourth-order valence-corrected chi connectivity index (χ4v) is 2.96. The van der Waals surface area contributed by atoms with Gasteiger partial charge in [-0.05, 0) is 32.2 Å². The molecule has 1 aromatic rings.